The van der Waals surface area contributed by atoms with Crippen molar-refractivity contribution in [3.8, 4) is 5.75 Å². The molecule has 7 nitrogen and oxygen atoms in total. The normalized spacial score (nSPS) is 12.8. The Labute approximate surface area is 110 Å². The summed E-state index contributed by atoms with van der Waals surface area (Å²) in [5, 5.41) is 30.9. The van der Waals surface area contributed by atoms with E-state index >= 15 is 0 Å². The highest BCUT2D eigenvalue weighted by Crippen LogP contribution is 2.33. The van der Waals surface area contributed by atoms with E-state index in [1.165, 1.54) is 0 Å². The van der Waals surface area contributed by atoms with Gasteiger partial charge >= 0.3 is 12.0 Å². The molecule has 20 heavy (non-hydrogen) atoms. The summed E-state index contributed by atoms with van der Waals surface area (Å²) < 4.78 is 39.7. The molecule has 0 radical (unpaired) electrons. The van der Waals surface area contributed by atoms with Crippen molar-refractivity contribution in [2.24, 2.45) is 0 Å². The topological polar surface area (TPSA) is 105 Å². The number of anilines is 1. The van der Waals surface area contributed by atoms with E-state index in [2.05, 4.69) is 10.1 Å². The van der Waals surface area contributed by atoms with Crippen LogP contribution in [0.4, 0.5) is 24.5 Å². The van der Waals surface area contributed by atoms with Crippen LogP contribution in [0.5, 0.6) is 5.75 Å². The van der Waals surface area contributed by atoms with Crippen molar-refractivity contribution in [2.45, 2.75) is 12.5 Å². The summed E-state index contributed by atoms with van der Waals surface area (Å²) in [6.45, 7) is -0.641. The van der Waals surface area contributed by atoms with Gasteiger partial charge < -0.3 is 20.3 Å². The first-order chi connectivity index (χ1) is 9.23. The number of benzene rings is 1. The van der Waals surface area contributed by atoms with E-state index in [4.69, 9.17) is 10.2 Å². The summed E-state index contributed by atoms with van der Waals surface area (Å²) in [5.74, 6) is -0.934. The molecule has 10 heteroatoms. The molecule has 0 heterocycles. The molecular formula is C10H11F3N2O5. The van der Waals surface area contributed by atoms with Gasteiger partial charge in [-0.25, -0.2) is 0 Å². The van der Waals surface area contributed by atoms with Crippen LogP contribution >= 0.6 is 0 Å². The van der Waals surface area contributed by atoms with E-state index < -0.39 is 35.4 Å². The maximum Gasteiger partial charge on any atom is 0.573 e. The SMILES string of the molecule is O=[N+]([O-])c1cc(NCC(O)CO)ccc1OC(F)(F)F. The molecule has 0 saturated carbocycles. The number of aliphatic hydroxyl groups is 2. The Bertz CT molecular complexity index is 480. The summed E-state index contributed by atoms with van der Waals surface area (Å²) >= 11 is 0. The smallest absolute Gasteiger partial charge is 0.398 e. The van der Waals surface area contributed by atoms with E-state index in [9.17, 15) is 23.3 Å². The Hall–Kier alpha value is -2.07. The molecule has 0 bridgehead atoms. The molecular weight excluding hydrogens is 285 g/mol. The van der Waals surface area contributed by atoms with Crippen LogP contribution in [0.15, 0.2) is 18.2 Å². The third-order valence-electron chi connectivity index (χ3n) is 2.13. The molecule has 0 aliphatic heterocycles. The molecule has 3 N–H and O–H groups in total. The van der Waals surface area contributed by atoms with Crippen molar-refractivity contribution in [3.63, 3.8) is 0 Å². The number of hydrogen-bond donors (Lipinski definition) is 3. The fourth-order valence-corrected chi connectivity index (χ4v) is 1.28. The highest BCUT2D eigenvalue weighted by molar-refractivity contribution is 5.58. The summed E-state index contributed by atoms with van der Waals surface area (Å²) in [5.41, 5.74) is -0.760. The van der Waals surface area contributed by atoms with Crippen LogP contribution in [-0.4, -0.2) is 40.8 Å². The van der Waals surface area contributed by atoms with Gasteiger partial charge in [0.2, 0.25) is 5.75 Å². The second-order valence-electron chi connectivity index (χ2n) is 3.70. The van der Waals surface area contributed by atoms with E-state index in [1.807, 2.05) is 0 Å². The van der Waals surface area contributed by atoms with Gasteiger partial charge in [-0.05, 0) is 12.1 Å². The Morgan fingerprint density at radius 2 is 2.10 bits per heavy atom. The fourth-order valence-electron chi connectivity index (χ4n) is 1.28. The first-order valence-corrected chi connectivity index (χ1v) is 5.30. The molecule has 0 aliphatic carbocycles. The molecule has 0 saturated heterocycles. The Morgan fingerprint density at radius 1 is 1.45 bits per heavy atom. The molecule has 112 valence electrons. The van der Waals surface area contributed by atoms with E-state index in [0.29, 0.717) is 0 Å². The highest BCUT2D eigenvalue weighted by Gasteiger charge is 2.34. The molecule has 1 aromatic rings. The number of hydrogen-bond acceptors (Lipinski definition) is 6. The molecule has 1 unspecified atom stereocenters. The van der Waals surface area contributed by atoms with Crippen molar-refractivity contribution in [3.05, 3.63) is 28.3 Å². The number of halogens is 3. The van der Waals surface area contributed by atoms with Gasteiger partial charge in [0.15, 0.2) is 0 Å². The maximum absolute atomic E-state index is 12.1. The molecule has 1 rings (SSSR count). The summed E-state index contributed by atoms with van der Waals surface area (Å²) in [7, 11) is 0. The molecule has 1 aromatic carbocycles. The lowest BCUT2D eigenvalue weighted by Crippen LogP contribution is -2.23. The molecule has 0 aromatic heterocycles. The maximum atomic E-state index is 12.1. The minimum Gasteiger partial charge on any atom is -0.398 e. The zero-order valence-electron chi connectivity index (χ0n) is 9.92. The van der Waals surface area contributed by atoms with Crippen molar-refractivity contribution < 1.29 is 33.0 Å². The van der Waals surface area contributed by atoms with Gasteiger partial charge in [-0.15, -0.1) is 13.2 Å². The third-order valence-corrected chi connectivity index (χ3v) is 2.13. The van der Waals surface area contributed by atoms with Gasteiger partial charge in [0, 0.05) is 18.3 Å². The average molecular weight is 296 g/mol. The molecule has 0 amide bonds. The molecule has 0 fully saturated rings. The summed E-state index contributed by atoms with van der Waals surface area (Å²) in [4.78, 5) is 9.68. The third kappa shape index (κ3) is 4.90. The monoisotopic (exact) mass is 296 g/mol. The van der Waals surface area contributed by atoms with Crippen LogP contribution in [0.1, 0.15) is 0 Å². The second-order valence-corrected chi connectivity index (χ2v) is 3.70. The van der Waals surface area contributed by atoms with Gasteiger partial charge in [0.1, 0.15) is 0 Å². The lowest BCUT2D eigenvalue weighted by atomic mass is 10.2. The summed E-state index contributed by atoms with van der Waals surface area (Å²) in [6, 6.07) is 2.75. The largest absolute Gasteiger partial charge is 0.573 e. The van der Waals surface area contributed by atoms with Crippen LogP contribution in [0.25, 0.3) is 0 Å². The predicted octanol–water partition coefficient (Wildman–Crippen LogP) is 1.26. The highest BCUT2D eigenvalue weighted by atomic mass is 19.4. The Morgan fingerprint density at radius 3 is 2.60 bits per heavy atom. The minimum atomic E-state index is -5.03. The Balaban J connectivity index is 2.92. The van der Waals surface area contributed by atoms with Crippen LogP contribution in [-0.2, 0) is 0 Å². The van der Waals surface area contributed by atoms with Gasteiger partial charge in [-0.3, -0.25) is 10.1 Å². The number of rotatable bonds is 6. The van der Waals surface area contributed by atoms with E-state index in [-0.39, 0.29) is 12.2 Å². The van der Waals surface area contributed by atoms with E-state index in [0.717, 1.165) is 18.2 Å². The van der Waals surface area contributed by atoms with Crippen LogP contribution in [0, 0.1) is 10.1 Å². The average Bonchev–Trinajstić information content (AvgIpc) is 2.35. The van der Waals surface area contributed by atoms with Crippen molar-refractivity contribution >= 4 is 11.4 Å². The van der Waals surface area contributed by atoms with Gasteiger partial charge in [0.05, 0.1) is 17.6 Å². The number of aliphatic hydroxyl groups excluding tert-OH is 2. The zero-order chi connectivity index (χ0) is 15.3. The first kappa shape index (κ1) is 16.0. The van der Waals surface area contributed by atoms with Gasteiger partial charge in [-0.1, -0.05) is 0 Å². The molecule has 1 atom stereocenters. The Kier molecular flexibility index (Phi) is 5.11. The number of nitro benzene ring substituents is 1. The minimum absolute atomic E-state index is 0.110. The van der Waals surface area contributed by atoms with Crippen molar-refractivity contribution in [2.75, 3.05) is 18.5 Å². The number of ether oxygens (including phenoxy) is 1. The van der Waals surface area contributed by atoms with Crippen LogP contribution in [0.2, 0.25) is 0 Å². The number of alkyl halides is 3. The molecule has 0 spiro atoms. The quantitative estimate of drug-likeness (QED) is 0.539. The van der Waals surface area contributed by atoms with Gasteiger partial charge in [0.25, 0.3) is 0 Å². The standard InChI is InChI=1S/C10H11F3N2O5/c11-10(12,13)20-9-2-1-6(3-8(9)15(18)19)14-4-7(17)5-16/h1-3,7,14,16-17H,4-5H2. The number of nitrogens with zero attached hydrogens (tertiary/aromatic N) is 1. The number of nitro groups is 1. The lowest BCUT2D eigenvalue weighted by molar-refractivity contribution is -0.388. The van der Waals surface area contributed by atoms with E-state index in [1.54, 1.807) is 0 Å². The summed E-state index contributed by atoms with van der Waals surface area (Å²) in [6.07, 6.45) is -6.13. The second kappa shape index (κ2) is 6.39. The van der Waals surface area contributed by atoms with Gasteiger partial charge in [-0.2, -0.15) is 0 Å². The predicted molar refractivity (Wildman–Crippen MR) is 61.4 cm³/mol. The lowest BCUT2D eigenvalue weighted by Gasteiger charge is -2.12. The number of nitrogens with one attached hydrogen (secondary N) is 1. The fraction of sp³-hybridized carbons (Fsp3) is 0.400. The van der Waals surface area contributed by atoms with Crippen molar-refractivity contribution in [1.82, 2.24) is 0 Å². The van der Waals surface area contributed by atoms with Crippen molar-refractivity contribution in [1.29, 1.82) is 0 Å². The van der Waals surface area contributed by atoms with Crippen LogP contribution in [0.3, 0.4) is 0 Å². The first-order valence-electron chi connectivity index (χ1n) is 5.30. The van der Waals surface area contributed by atoms with Crippen LogP contribution < -0.4 is 10.1 Å². The molecule has 0 aliphatic rings. The zero-order valence-corrected chi connectivity index (χ0v) is 9.92.